The molecular weight excluding hydrogens is 571 g/mol. The van der Waals surface area contributed by atoms with Crippen molar-refractivity contribution < 1.29 is 28.7 Å². The monoisotopic (exact) mass is 598 g/mol. The Morgan fingerprint density at radius 2 is 1.81 bits per heavy atom. The Morgan fingerprint density at radius 1 is 1.10 bits per heavy atom. The van der Waals surface area contributed by atoms with Crippen molar-refractivity contribution in [3.8, 4) is 5.69 Å². The zero-order valence-electron chi connectivity index (χ0n) is 22.5. The number of carbonyl (C=O) groups is 4. The molecule has 2 aromatic carbocycles. The number of rotatable bonds is 10. The molecule has 1 atom stereocenters. The Morgan fingerprint density at radius 3 is 2.45 bits per heavy atom. The van der Waals surface area contributed by atoms with Crippen LogP contribution in [0.3, 0.4) is 0 Å². The number of carbonyl (C=O) groups excluding carboxylic acids is 3. The van der Waals surface area contributed by atoms with Crippen molar-refractivity contribution in [3.63, 3.8) is 0 Å². The van der Waals surface area contributed by atoms with Crippen LogP contribution in [0.15, 0.2) is 48.8 Å². The number of tetrazole rings is 1. The molecule has 1 aliphatic rings. The molecule has 3 amide bonds. The number of nitrogens with one attached hydrogen (secondary N) is 2. The number of anilines is 1. The lowest BCUT2D eigenvalue weighted by molar-refractivity contribution is -0.133. The third-order valence-corrected chi connectivity index (χ3v) is 6.93. The fourth-order valence-corrected chi connectivity index (χ4v) is 4.41. The lowest BCUT2D eigenvalue weighted by Crippen LogP contribution is -2.48. The van der Waals surface area contributed by atoms with Gasteiger partial charge in [0.15, 0.2) is 5.82 Å². The minimum Gasteiger partial charge on any atom is -0.478 e. The molecule has 0 aliphatic carbocycles. The van der Waals surface area contributed by atoms with Gasteiger partial charge in [-0.25, -0.2) is 9.18 Å². The van der Waals surface area contributed by atoms with Crippen LogP contribution >= 0.6 is 11.6 Å². The number of nitrogens with zero attached hydrogens (tertiary/aromatic N) is 6. The Bertz CT molecular complexity index is 1470. The SMILES string of the molecule is CN1CCN(C(=O)CCC(NC(=O)C=Cc2c(-n3cnnn3)ccc(Cl)c2F)C(=O)Nc2ccc(C(=O)O)cc2)CC1. The van der Waals surface area contributed by atoms with Crippen LogP contribution in [0.1, 0.15) is 28.8 Å². The topological polar surface area (TPSA) is 163 Å². The summed E-state index contributed by atoms with van der Waals surface area (Å²) in [4.78, 5) is 53.9. The van der Waals surface area contributed by atoms with Crippen LogP contribution in [0.4, 0.5) is 10.1 Å². The molecule has 13 nitrogen and oxygen atoms in total. The molecule has 1 fully saturated rings. The normalized spacial score (nSPS) is 14.5. The number of aromatic carboxylic acids is 1. The van der Waals surface area contributed by atoms with Gasteiger partial charge >= 0.3 is 5.97 Å². The van der Waals surface area contributed by atoms with Gasteiger partial charge in [0.25, 0.3) is 0 Å². The van der Waals surface area contributed by atoms with Crippen LogP contribution in [0.2, 0.25) is 5.02 Å². The number of hydrogen-bond acceptors (Lipinski definition) is 8. The van der Waals surface area contributed by atoms with Crippen molar-refractivity contribution >= 4 is 47.1 Å². The number of amides is 3. The molecule has 0 saturated carbocycles. The highest BCUT2D eigenvalue weighted by atomic mass is 35.5. The Labute approximate surface area is 244 Å². The predicted octanol–water partition coefficient (Wildman–Crippen LogP) is 1.84. The predicted molar refractivity (Wildman–Crippen MR) is 150 cm³/mol. The molecule has 0 radical (unpaired) electrons. The Kier molecular flexibility index (Phi) is 9.93. The van der Waals surface area contributed by atoms with E-state index in [4.69, 9.17) is 16.7 Å². The molecule has 1 saturated heterocycles. The van der Waals surface area contributed by atoms with E-state index in [1.807, 2.05) is 7.05 Å². The van der Waals surface area contributed by atoms with Crippen LogP contribution < -0.4 is 10.6 Å². The smallest absolute Gasteiger partial charge is 0.335 e. The third kappa shape index (κ3) is 7.73. The van der Waals surface area contributed by atoms with Crippen LogP contribution in [0.5, 0.6) is 0 Å². The molecule has 1 unspecified atom stereocenters. The number of aromatic nitrogens is 4. The average molecular weight is 599 g/mol. The number of carboxylic acids is 1. The van der Waals surface area contributed by atoms with E-state index in [9.17, 15) is 23.6 Å². The maximum absolute atomic E-state index is 14.9. The van der Waals surface area contributed by atoms with Crippen LogP contribution in [-0.2, 0) is 14.4 Å². The van der Waals surface area contributed by atoms with Gasteiger partial charge in [0.2, 0.25) is 17.7 Å². The summed E-state index contributed by atoms with van der Waals surface area (Å²) in [5.41, 5.74) is 0.505. The molecule has 3 N–H and O–H groups in total. The first-order valence-electron chi connectivity index (χ1n) is 12.9. The maximum atomic E-state index is 14.9. The van der Waals surface area contributed by atoms with Crippen LogP contribution in [0, 0.1) is 5.82 Å². The largest absolute Gasteiger partial charge is 0.478 e. The molecule has 1 aromatic heterocycles. The highest BCUT2D eigenvalue weighted by Gasteiger charge is 2.25. The van der Waals surface area contributed by atoms with Crippen molar-refractivity contribution in [2.24, 2.45) is 0 Å². The van der Waals surface area contributed by atoms with E-state index in [1.54, 1.807) is 4.90 Å². The molecular formula is C27H28ClFN8O5. The molecule has 2 heterocycles. The number of piperazine rings is 1. The summed E-state index contributed by atoms with van der Waals surface area (Å²) in [6, 6.07) is 7.15. The molecule has 15 heteroatoms. The van der Waals surface area contributed by atoms with Gasteiger partial charge in [0, 0.05) is 49.9 Å². The summed E-state index contributed by atoms with van der Waals surface area (Å²) >= 11 is 5.94. The zero-order chi connectivity index (χ0) is 30.2. The standard InChI is InChI=1S/C27H28ClFN8O5/c1-35-12-14-36(15-13-35)24(39)11-8-21(26(40)31-18-4-2-17(3-5-18)27(41)42)32-23(38)10-6-19-22(37-16-30-33-34-37)9-7-20(28)25(19)29/h2-7,9-10,16,21H,8,11-15H2,1H3,(H,31,40)(H,32,38)(H,41,42). The summed E-state index contributed by atoms with van der Waals surface area (Å²) in [6.07, 6.45) is 3.46. The second-order valence-corrected chi connectivity index (χ2v) is 9.94. The third-order valence-electron chi connectivity index (χ3n) is 6.64. The van der Waals surface area contributed by atoms with E-state index in [-0.39, 0.29) is 40.6 Å². The highest BCUT2D eigenvalue weighted by Crippen LogP contribution is 2.25. The minimum atomic E-state index is -1.14. The zero-order valence-corrected chi connectivity index (χ0v) is 23.3. The van der Waals surface area contributed by atoms with Gasteiger partial charge in [-0.1, -0.05) is 11.6 Å². The first-order chi connectivity index (χ1) is 20.1. The molecule has 0 bridgehead atoms. The molecule has 3 aromatic rings. The van der Waals surface area contributed by atoms with E-state index < -0.39 is 29.6 Å². The van der Waals surface area contributed by atoms with Crippen molar-refractivity contribution in [2.45, 2.75) is 18.9 Å². The second-order valence-electron chi connectivity index (χ2n) is 9.54. The van der Waals surface area contributed by atoms with Crippen molar-refractivity contribution in [2.75, 3.05) is 38.5 Å². The van der Waals surface area contributed by atoms with E-state index in [2.05, 4.69) is 31.1 Å². The molecule has 1 aliphatic heterocycles. The van der Waals surface area contributed by atoms with Gasteiger partial charge in [-0.2, -0.15) is 4.68 Å². The number of hydrogen-bond donors (Lipinski definition) is 3. The molecule has 4 rings (SSSR count). The van der Waals surface area contributed by atoms with E-state index in [0.29, 0.717) is 18.8 Å². The van der Waals surface area contributed by atoms with Gasteiger partial charge in [-0.3, -0.25) is 14.4 Å². The minimum absolute atomic E-state index is 0.00385. The molecule has 220 valence electrons. The summed E-state index contributed by atoms with van der Waals surface area (Å²) < 4.78 is 16.1. The first-order valence-corrected chi connectivity index (χ1v) is 13.3. The van der Waals surface area contributed by atoms with Crippen molar-refractivity contribution in [1.82, 2.24) is 35.3 Å². The highest BCUT2D eigenvalue weighted by molar-refractivity contribution is 6.31. The maximum Gasteiger partial charge on any atom is 0.335 e. The fraction of sp³-hybridized carbons (Fsp3) is 0.296. The number of benzene rings is 2. The average Bonchev–Trinajstić information content (AvgIpc) is 3.51. The van der Waals surface area contributed by atoms with Crippen molar-refractivity contribution in [1.29, 1.82) is 0 Å². The van der Waals surface area contributed by atoms with Crippen LogP contribution in [-0.4, -0.2) is 98.1 Å². The Balaban J connectivity index is 1.49. The number of carboxylic acid groups (broad SMARTS) is 1. The number of likely N-dealkylation sites (N-methyl/N-ethyl adjacent to an activating group) is 1. The van der Waals surface area contributed by atoms with E-state index >= 15 is 0 Å². The van der Waals surface area contributed by atoms with Gasteiger partial charge in [0.05, 0.1) is 16.3 Å². The summed E-state index contributed by atoms with van der Waals surface area (Å²) in [7, 11) is 1.97. The molecule has 42 heavy (non-hydrogen) atoms. The van der Waals surface area contributed by atoms with E-state index in [0.717, 1.165) is 19.2 Å². The summed E-state index contributed by atoms with van der Waals surface area (Å²) in [5.74, 6) is -3.42. The van der Waals surface area contributed by atoms with Gasteiger partial charge < -0.3 is 25.5 Å². The van der Waals surface area contributed by atoms with Gasteiger partial charge in [0.1, 0.15) is 12.4 Å². The lowest BCUT2D eigenvalue weighted by Gasteiger charge is -2.32. The van der Waals surface area contributed by atoms with Gasteiger partial charge in [-0.05, 0) is 66.4 Å². The molecule has 0 spiro atoms. The first kappa shape index (κ1) is 30.3. The fourth-order valence-electron chi connectivity index (χ4n) is 4.24. The van der Waals surface area contributed by atoms with Gasteiger partial charge in [-0.15, -0.1) is 5.10 Å². The summed E-state index contributed by atoms with van der Waals surface area (Å²) in [5, 5.41) is 24.9. The number of halogens is 2. The second kappa shape index (κ2) is 13.8. The quantitative estimate of drug-likeness (QED) is 0.296. The van der Waals surface area contributed by atoms with Crippen molar-refractivity contribution in [3.05, 3.63) is 70.8 Å². The van der Waals surface area contributed by atoms with Crippen LogP contribution in [0.25, 0.3) is 11.8 Å². The Hall–Kier alpha value is -4.69. The lowest BCUT2D eigenvalue weighted by atomic mass is 10.1. The van der Waals surface area contributed by atoms with E-state index in [1.165, 1.54) is 53.5 Å². The summed E-state index contributed by atoms with van der Waals surface area (Å²) in [6.45, 7) is 2.59.